The number of phenolic OH excluding ortho intramolecular Hbond substituents is 1. The van der Waals surface area contributed by atoms with Crippen LogP contribution in [0.3, 0.4) is 0 Å². The molecule has 0 spiro atoms. The first-order valence-corrected chi connectivity index (χ1v) is 10.8. The number of aromatic carboxylic acids is 1. The Morgan fingerprint density at radius 3 is 2.29 bits per heavy atom. The van der Waals surface area contributed by atoms with Crippen LogP contribution in [0, 0.1) is 0 Å². The summed E-state index contributed by atoms with van der Waals surface area (Å²) in [5.74, 6) is 0.478. The topological polar surface area (TPSA) is 88.2 Å². The molecule has 6 nitrogen and oxygen atoms in total. The van der Waals surface area contributed by atoms with Gasteiger partial charge in [0.05, 0.1) is 11.1 Å². The van der Waals surface area contributed by atoms with Crippen LogP contribution in [0.2, 0.25) is 0 Å². The summed E-state index contributed by atoms with van der Waals surface area (Å²) < 4.78 is 2.03. The van der Waals surface area contributed by atoms with E-state index in [9.17, 15) is 9.90 Å². The van der Waals surface area contributed by atoms with Gasteiger partial charge in [0.25, 0.3) is 0 Å². The fraction of sp³-hybridized carbons (Fsp3) is 0.125. The predicted molar refractivity (Wildman–Crippen MR) is 120 cm³/mol. The highest BCUT2D eigenvalue weighted by Crippen LogP contribution is 2.31. The zero-order valence-electron chi connectivity index (χ0n) is 16.7. The van der Waals surface area contributed by atoms with Crippen molar-refractivity contribution in [3.05, 3.63) is 95.6 Å². The van der Waals surface area contributed by atoms with E-state index in [1.165, 1.54) is 17.3 Å². The van der Waals surface area contributed by atoms with Gasteiger partial charge in [0.2, 0.25) is 0 Å². The van der Waals surface area contributed by atoms with Gasteiger partial charge in [-0.1, -0.05) is 66.4 Å². The van der Waals surface area contributed by atoms with Crippen molar-refractivity contribution in [2.75, 3.05) is 0 Å². The van der Waals surface area contributed by atoms with Gasteiger partial charge in [-0.05, 0) is 41.8 Å². The maximum atomic E-state index is 11.0. The average Bonchev–Trinajstić information content (AvgIpc) is 3.20. The molecule has 31 heavy (non-hydrogen) atoms. The first-order chi connectivity index (χ1) is 15.1. The van der Waals surface area contributed by atoms with Crippen LogP contribution in [0.25, 0.3) is 11.4 Å². The van der Waals surface area contributed by atoms with Gasteiger partial charge in [-0.3, -0.25) is 0 Å². The quantitative estimate of drug-likeness (QED) is 0.387. The number of aromatic nitrogens is 3. The third kappa shape index (κ3) is 4.95. The smallest absolute Gasteiger partial charge is 0.335 e. The van der Waals surface area contributed by atoms with Crippen molar-refractivity contribution in [3.8, 4) is 17.1 Å². The Kier molecular flexibility index (Phi) is 6.33. The molecule has 0 radical (unpaired) electrons. The number of nitrogens with zero attached hydrogens (tertiary/aromatic N) is 3. The number of carbonyl (C=O) groups is 1. The van der Waals surface area contributed by atoms with Gasteiger partial charge in [0.15, 0.2) is 11.0 Å². The average molecular weight is 432 g/mol. The van der Waals surface area contributed by atoms with Crippen LogP contribution < -0.4 is 0 Å². The first-order valence-electron chi connectivity index (χ1n) is 9.82. The van der Waals surface area contributed by atoms with Crippen LogP contribution in [0.5, 0.6) is 5.75 Å². The third-order valence-corrected chi connectivity index (χ3v) is 5.94. The maximum Gasteiger partial charge on any atom is 0.335 e. The van der Waals surface area contributed by atoms with Gasteiger partial charge >= 0.3 is 5.97 Å². The molecule has 0 aliphatic rings. The number of phenols is 1. The minimum absolute atomic E-state index is 0.164. The summed E-state index contributed by atoms with van der Waals surface area (Å²) in [5.41, 5.74) is 3.11. The van der Waals surface area contributed by atoms with Crippen LogP contribution in [0.15, 0.2) is 84.0 Å². The molecule has 0 fully saturated rings. The van der Waals surface area contributed by atoms with Crippen LogP contribution in [-0.2, 0) is 18.7 Å². The van der Waals surface area contributed by atoms with E-state index in [4.69, 9.17) is 5.11 Å². The zero-order chi connectivity index (χ0) is 21.6. The van der Waals surface area contributed by atoms with Gasteiger partial charge in [-0.15, -0.1) is 10.2 Å². The molecule has 0 aliphatic heterocycles. The predicted octanol–water partition coefficient (Wildman–Crippen LogP) is 4.88. The van der Waals surface area contributed by atoms with E-state index in [1.807, 2.05) is 47.0 Å². The third-order valence-electron chi connectivity index (χ3n) is 4.90. The number of aromatic hydroxyl groups is 1. The van der Waals surface area contributed by atoms with Crippen LogP contribution in [0.4, 0.5) is 0 Å². The van der Waals surface area contributed by atoms with Gasteiger partial charge < -0.3 is 14.8 Å². The number of hydrogen-bond donors (Lipinski definition) is 2. The normalized spacial score (nSPS) is 10.8. The molecule has 0 aliphatic carbocycles. The lowest BCUT2D eigenvalue weighted by molar-refractivity contribution is 0.0697. The van der Waals surface area contributed by atoms with Crippen LogP contribution >= 0.6 is 11.8 Å². The molecule has 1 aromatic heterocycles. The highest BCUT2D eigenvalue weighted by atomic mass is 32.2. The molecular weight excluding hydrogens is 410 g/mol. The number of rotatable bonds is 8. The van der Waals surface area contributed by atoms with Gasteiger partial charge in [0.1, 0.15) is 5.75 Å². The number of carboxylic acid groups (broad SMARTS) is 1. The summed E-state index contributed by atoms with van der Waals surface area (Å²) >= 11 is 1.53. The van der Waals surface area contributed by atoms with Crippen molar-refractivity contribution >= 4 is 17.7 Å². The summed E-state index contributed by atoms with van der Waals surface area (Å²) in [6.07, 6.45) is 0.806. The second kappa shape index (κ2) is 9.49. The lowest BCUT2D eigenvalue weighted by Crippen LogP contribution is -2.05. The molecule has 4 rings (SSSR count). The van der Waals surface area contributed by atoms with E-state index in [-0.39, 0.29) is 11.3 Å². The Morgan fingerprint density at radius 1 is 0.871 bits per heavy atom. The Labute approximate surface area is 184 Å². The van der Waals surface area contributed by atoms with E-state index >= 15 is 0 Å². The second-order valence-electron chi connectivity index (χ2n) is 7.00. The van der Waals surface area contributed by atoms with Crippen molar-refractivity contribution in [3.63, 3.8) is 0 Å². The SMILES string of the molecule is O=C(O)c1ccc(CSc2nnc(-c3ccccc3O)n2CCc2ccccc2)cc1. The molecule has 0 unspecified atom stereocenters. The number of thioether (sulfide) groups is 1. The fourth-order valence-electron chi connectivity index (χ4n) is 3.24. The number of aryl methyl sites for hydroxylation is 1. The summed E-state index contributed by atoms with van der Waals surface area (Å²) in [4.78, 5) is 11.0. The fourth-order valence-corrected chi connectivity index (χ4v) is 4.16. The van der Waals surface area contributed by atoms with E-state index in [1.54, 1.807) is 24.3 Å². The summed E-state index contributed by atoms with van der Waals surface area (Å²) in [7, 11) is 0. The monoisotopic (exact) mass is 431 g/mol. The summed E-state index contributed by atoms with van der Waals surface area (Å²) in [6.45, 7) is 0.668. The number of para-hydroxylation sites is 1. The molecular formula is C24H21N3O3S. The number of benzene rings is 3. The molecule has 4 aromatic rings. The van der Waals surface area contributed by atoms with Gasteiger partial charge in [0, 0.05) is 12.3 Å². The largest absolute Gasteiger partial charge is 0.507 e. The molecule has 7 heteroatoms. The Hall–Kier alpha value is -3.58. The zero-order valence-corrected chi connectivity index (χ0v) is 17.5. The number of hydrogen-bond acceptors (Lipinski definition) is 5. The molecule has 1 heterocycles. The maximum absolute atomic E-state index is 11.0. The molecule has 0 saturated heterocycles. The molecule has 0 amide bonds. The van der Waals surface area contributed by atoms with E-state index in [0.717, 1.165) is 17.1 Å². The van der Waals surface area contributed by atoms with Gasteiger partial charge in [-0.2, -0.15) is 0 Å². The lowest BCUT2D eigenvalue weighted by atomic mass is 10.1. The highest BCUT2D eigenvalue weighted by molar-refractivity contribution is 7.98. The van der Waals surface area contributed by atoms with E-state index in [2.05, 4.69) is 22.3 Å². The highest BCUT2D eigenvalue weighted by Gasteiger charge is 2.17. The first kappa shape index (κ1) is 20.7. The van der Waals surface area contributed by atoms with Crippen molar-refractivity contribution in [2.24, 2.45) is 0 Å². The molecule has 2 N–H and O–H groups in total. The van der Waals surface area contributed by atoms with Crippen LogP contribution in [0.1, 0.15) is 21.5 Å². The van der Waals surface area contributed by atoms with Crippen molar-refractivity contribution < 1.29 is 15.0 Å². The van der Waals surface area contributed by atoms with E-state index < -0.39 is 5.97 Å². The second-order valence-corrected chi connectivity index (χ2v) is 7.94. The Balaban J connectivity index is 1.58. The molecule has 3 aromatic carbocycles. The van der Waals surface area contributed by atoms with Crippen LogP contribution in [-0.4, -0.2) is 30.9 Å². The molecule has 0 atom stereocenters. The minimum Gasteiger partial charge on any atom is -0.507 e. The standard InChI is InChI=1S/C24H21N3O3S/c28-21-9-5-4-8-20(21)22-25-26-24(27(22)15-14-17-6-2-1-3-7-17)31-16-18-10-12-19(13-11-18)23(29)30/h1-13,28H,14-16H2,(H,29,30). The molecule has 156 valence electrons. The summed E-state index contributed by atoms with van der Waals surface area (Å²) in [6, 6.07) is 24.1. The Bertz CT molecular complexity index is 1170. The van der Waals surface area contributed by atoms with Crippen molar-refractivity contribution in [2.45, 2.75) is 23.9 Å². The van der Waals surface area contributed by atoms with Crippen molar-refractivity contribution in [1.82, 2.24) is 14.8 Å². The van der Waals surface area contributed by atoms with Gasteiger partial charge in [-0.25, -0.2) is 4.79 Å². The summed E-state index contributed by atoms with van der Waals surface area (Å²) in [5, 5.41) is 28.9. The molecule has 0 saturated carbocycles. The van der Waals surface area contributed by atoms with Crippen molar-refractivity contribution in [1.29, 1.82) is 0 Å². The minimum atomic E-state index is -0.938. The number of carboxylic acids is 1. The Morgan fingerprint density at radius 2 is 1.58 bits per heavy atom. The van der Waals surface area contributed by atoms with E-state index in [0.29, 0.717) is 23.7 Å². The molecule has 0 bridgehead atoms. The lowest BCUT2D eigenvalue weighted by Gasteiger charge is -2.11.